The second-order valence-corrected chi connectivity index (χ2v) is 5.25. The molecule has 2 N–H and O–H groups in total. The van der Waals surface area contributed by atoms with Gasteiger partial charge in [0.2, 0.25) is 0 Å². The number of nitrogens with one attached hydrogen (secondary N) is 2. The second-order valence-electron chi connectivity index (χ2n) is 5.25. The molecule has 20 heavy (non-hydrogen) atoms. The number of carbonyl (C=O) groups excluding carboxylic acids is 1. The van der Waals surface area contributed by atoms with Gasteiger partial charge < -0.3 is 15.4 Å². The van der Waals surface area contributed by atoms with Crippen molar-refractivity contribution in [2.75, 3.05) is 19.7 Å². The highest BCUT2D eigenvalue weighted by atomic mass is 16.5. The van der Waals surface area contributed by atoms with Crippen molar-refractivity contribution in [1.82, 2.24) is 10.6 Å². The van der Waals surface area contributed by atoms with Crippen molar-refractivity contribution >= 4 is 5.91 Å². The lowest BCUT2D eigenvalue weighted by Crippen LogP contribution is -2.40. The zero-order valence-corrected chi connectivity index (χ0v) is 12.2. The van der Waals surface area contributed by atoms with Crippen LogP contribution in [0.3, 0.4) is 0 Å². The number of hydrogen-bond acceptors (Lipinski definition) is 3. The predicted octanol–water partition coefficient (Wildman–Crippen LogP) is 2.35. The first-order valence-corrected chi connectivity index (χ1v) is 7.54. The molecule has 1 aromatic carbocycles. The van der Waals surface area contributed by atoms with Gasteiger partial charge in [-0.15, -0.1) is 0 Å². The van der Waals surface area contributed by atoms with Crippen molar-refractivity contribution in [3.05, 3.63) is 29.8 Å². The molecule has 1 fully saturated rings. The summed E-state index contributed by atoms with van der Waals surface area (Å²) in [5.74, 6) is 0.749. The van der Waals surface area contributed by atoms with Crippen molar-refractivity contribution in [3.8, 4) is 5.75 Å². The summed E-state index contributed by atoms with van der Waals surface area (Å²) >= 11 is 0. The molecule has 0 saturated carbocycles. The summed E-state index contributed by atoms with van der Waals surface area (Å²) in [5, 5.41) is 6.46. The van der Waals surface area contributed by atoms with Crippen LogP contribution in [0.2, 0.25) is 0 Å². The Kier molecular flexibility index (Phi) is 5.87. The van der Waals surface area contributed by atoms with Crippen LogP contribution in [0.25, 0.3) is 0 Å². The Morgan fingerprint density at radius 3 is 3.20 bits per heavy atom. The number of ether oxygens (including phenoxy) is 1. The van der Waals surface area contributed by atoms with Gasteiger partial charge in [0, 0.05) is 18.2 Å². The summed E-state index contributed by atoms with van der Waals surface area (Å²) in [7, 11) is 0. The Labute approximate surface area is 120 Å². The van der Waals surface area contributed by atoms with E-state index >= 15 is 0 Å². The molecular formula is C16H24N2O2. The standard InChI is InChI=1S/C16H24N2O2/c1-2-10-20-15-8-5-6-13(11-15)16(19)18-14-7-3-4-9-17-12-14/h5-6,8,11,14,17H,2-4,7,9-10,12H2,1H3,(H,18,19). The van der Waals surface area contributed by atoms with Gasteiger partial charge in [0.15, 0.2) is 0 Å². The molecule has 0 bridgehead atoms. The van der Waals surface area contributed by atoms with Crippen molar-refractivity contribution in [1.29, 1.82) is 0 Å². The number of hydrogen-bond donors (Lipinski definition) is 2. The molecule has 0 aromatic heterocycles. The number of carbonyl (C=O) groups is 1. The lowest BCUT2D eigenvalue weighted by Gasteiger charge is -2.16. The molecule has 110 valence electrons. The Hall–Kier alpha value is -1.55. The largest absolute Gasteiger partial charge is 0.494 e. The summed E-state index contributed by atoms with van der Waals surface area (Å²) in [6, 6.07) is 7.63. The molecule has 1 unspecified atom stereocenters. The first-order chi connectivity index (χ1) is 9.79. The monoisotopic (exact) mass is 276 g/mol. The Balaban J connectivity index is 1.93. The van der Waals surface area contributed by atoms with E-state index in [4.69, 9.17) is 4.74 Å². The van der Waals surface area contributed by atoms with Gasteiger partial charge in [-0.3, -0.25) is 4.79 Å². The maximum atomic E-state index is 12.3. The topological polar surface area (TPSA) is 50.4 Å². The minimum Gasteiger partial charge on any atom is -0.494 e. The van der Waals surface area contributed by atoms with Crippen LogP contribution in [0.5, 0.6) is 5.75 Å². The lowest BCUT2D eigenvalue weighted by atomic mass is 10.1. The predicted molar refractivity (Wildman–Crippen MR) is 80.2 cm³/mol. The third kappa shape index (κ3) is 4.53. The van der Waals surface area contributed by atoms with E-state index in [1.54, 1.807) is 0 Å². The minimum absolute atomic E-state index is 0.0133. The lowest BCUT2D eigenvalue weighted by molar-refractivity contribution is 0.0935. The van der Waals surface area contributed by atoms with Crippen LogP contribution in [0.15, 0.2) is 24.3 Å². The third-order valence-electron chi connectivity index (χ3n) is 3.45. The van der Waals surface area contributed by atoms with Gasteiger partial charge in [-0.25, -0.2) is 0 Å². The van der Waals surface area contributed by atoms with E-state index in [0.717, 1.165) is 38.1 Å². The van der Waals surface area contributed by atoms with Crippen LogP contribution in [-0.2, 0) is 0 Å². The highest BCUT2D eigenvalue weighted by Crippen LogP contribution is 2.14. The van der Waals surface area contributed by atoms with Crippen molar-refractivity contribution in [2.24, 2.45) is 0 Å². The van der Waals surface area contributed by atoms with Gasteiger partial charge >= 0.3 is 0 Å². The highest BCUT2D eigenvalue weighted by Gasteiger charge is 2.15. The molecule has 1 heterocycles. The van der Waals surface area contributed by atoms with Crippen LogP contribution in [-0.4, -0.2) is 31.6 Å². The molecule has 1 aromatic rings. The van der Waals surface area contributed by atoms with E-state index in [-0.39, 0.29) is 11.9 Å². The second kappa shape index (κ2) is 7.90. The van der Waals surface area contributed by atoms with E-state index in [2.05, 4.69) is 17.6 Å². The fourth-order valence-electron chi connectivity index (χ4n) is 2.36. The van der Waals surface area contributed by atoms with Crippen LogP contribution >= 0.6 is 0 Å². The van der Waals surface area contributed by atoms with Crippen LogP contribution in [0.1, 0.15) is 43.0 Å². The Morgan fingerprint density at radius 2 is 2.35 bits per heavy atom. The highest BCUT2D eigenvalue weighted by molar-refractivity contribution is 5.94. The molecule has 1 atom stereocenters. The third-order valence-corrected chi connectivity index (χ3v) is 3.45. The molecule has 1 saturated heterocycles. The average molecular weight is 276 g/mol. The molecule has 1 amide bonds. The molecule has 0 aliphatic carbocycles. The molecule has 1 aliphatic rings. The van der Waals surface area contributed by atoms with E-state index < -0.39 is 0 Å². The average Bonchev–Trinajstić information content (AvgIpc) is 2.74. The number of rotatable bonds is 5. The normalized spacial score (nSPS) is 19.1. The maximum Gasteiger partial charge on any atom is 0.251 e. The summed E-state index contributed by atoms with van der Waals surface area (Å²) in [5.41, 5.74) is 0.669. The zero-order chi connectivity index (χ0) is 14.2. The quantitative estimate of drug-likeness (QED) is 0.868. The van der Waals surface area contributed by atoms with Gasteiger partial charge in [0.25, 0.3) is 5.91 Å². The molecule has 2 rings (SSSR count). The van der Waals surface area contributed by atoms with Crippen molar-refractivity contribution in [3.63, 3.8) is 0 Å². The van der Waals surface area contributed by atoms with Crippen LogP contribution in [0.4, 0.5) is 0 Å². The van der Waals surface area contributed by atoms with Crippen molar-refractivity contribution < 1.29 is 9.53 Å². The van der Waals surface area contributed by atoms with E-state index in [1.165, 1.54) is 6.42 Å². The van der Waals surface area contributed by atoms with E-state index in [0.29, 0.717) is 12.2 Å². The molecule has 4 heteroatoms. The molecule has 1 aliphatic heterocycles. The summed E-state index contributed by atoms with van der Waals surface area (Å²) in [6.07, 6.45) is 4.36. The SMILES string of the molecule is CCCOc1cccc(C(=O)NC2CCCCNC2)c1. The Bertz CT molecular complexity index is 426. The first-order valence-electron chi connectivity index (χ1n) is 7.54. The van der Waals surface area contributed by atoms with Gasteiger partial charge in [-0.1, -0.05) is 19.4 Å². The van der Waals surface area contributed by atoms with E-state index in [1.807, 2.05) is 24.3 Å². The van der Waals surface area contributed by atoms with Gasteiger partial charge in [-0.2, -0.15) is 0 Å². The fourth-order valence-corrected chi connectivity index (χ4v) is 2.36. The molecule has 4 nitrogen and oxygen atoms in total. The summed E-state index contributed by atoms with van der Waals surface area (Å²) in [4.78, 5) is 12.3. The van der Waals surface area contributed by atoms with Crippen LogP contribution < -0.4 is 15.4 Å². The van der Waals surface area contributed by atoms with E-state index in [9.17, 15) is 4.79 Å². The molecular weight excluding hydrogens is 252 g/mol. The van der Waals surface area contributed by atoms with Crippen molar-refractivity contribution in [2.45, 2.75) is 38.6 Å². The van der Waals surface area contributed by atoms with Gasteiger partial charge in [0.05, 0.1) is 6.61 Å². The maximum absolute atomic E-state index is 12.3. The summed E-state index contributed by atoms with van der Waals surface area (Å²) in [6.45, 7) is 4.65. The number of amides is 1. The first kappa shape index (κ1) is 14.9. The fraction of sp³-hybridized carbons (Fsp3) is 0.562. The Morgan fingerprint density at radius 1 is 1.45 bits per heavy atom. The molecule has 0 spiro atoms. The van der Waals surface area contributed by atoms with Gasteiger partial charge in [0.1, 0.15) is 5.75 Å². The zero-order valence-electron chi connectivity index (χ0n) is 12.2. The number of benzene rings is 1. The van der Waals surface area contributed by atoms with Crippen LogP contribution in [0, 0.1) is 0 Å². The smallest absolute Gasteiger partial charge is 0.251 e. The summed E-state index contributed by atoms with van der Waals surface area (Å²) < 4.78 is 5.56. The molecule has 0 radical (unpaired) electrons. The van der Waals surface area contributed by atoms with Gasteiger partial charge in [-0.05, 0) is 44.0 Å². The minimum atomic E-state index is -0.0133.